The molecule has 2 saturated heterocycles. The maximum atomic E-state index is 13.4. The van der Waals surface area contributed by atoms with Crippen LogP contribution in [0.15, 0.2) is 29.2 Å². The van der Waals surface area contributed by atoms with E-state index in [4.69, 9.17) is 21.4 Å². The molecule has 1 unspecified atom stereocenters. The van der Waals surface area contributed by atoms with Crippen molar-refractivity contribution in [2.45, 2.75) is 123 Å². The molecule has 14 N–H and O–H groups in total. The molecule has 0 bridgehead atoms. The van der Waals surface area contributed by atoms with Crippen LogP contribution in [0.4, 0.5) is 4.79 Å². The lowest BCUT2D eigenvalue weighted by Crippen LogP contribution is -2.55. The molecule has 0 aliphatic carbocycles. The zero-order valence-corrected chi connectivity index (χ0v) is 38.6. The number of methoxy groups -OCH3 is 1. The molecule has 7 atom stereocenters. The van der Waals surface area contributed by atoms with Gasteiger partial charge in [-0.3, -0.25) is 43.6 Å². The summed E-state index contributed by atoms with van der Waals surface area (Å²) in [5.41, 5.74) is 12.3. The lowest BCUT2D eigenvalue weighted by Gasteiger charge is -2.23. The monoisotopic (exact) mass is 969 g/mol. The summed E-state index contributed by atoms with van der Waals surface area (Å²) in [5, 5.41) is 27.8. The number of primary amides is 1. The summed E-state index contributed by atoms with van der Waals surface area (Å²) >= 11 is 1.82. The second kappa shape index (κ2) is 27.7. The maximum Gasteiger partial charge on any atom is 0.315 e. The van der Waals surface area contributed by atoms with E-state index < -0.39 is 94.1 Å². The Morgan fingerprint density at radius 2 is 1.48 bits per heavy atom. The van der Waals surface area contributed by atoms with Crippen LogP contribution in [0, 0.1) is 0 Å². The third-order valence-electron chi connectivity index (χ3n) is 10.8. The summed E-state index contributed by atoms with van der Waals surface area (Å²) in [7, 11) is -3.19. The van der Waals surface area contributed by atoms with Crippen molar-refractivity contribution in [2.75, 3.05) is 39.0 Å². The minimum Gasteiger partial charge on any atom is -0.497 e. The minimum absolute atomic E-state index is 0.0496. The number of carbonyl (C=O) groups is 9. The molecule has 66 heavy (non-hydrogen) atoms. The molecule has 0 saturated carbocycles. The van der Waals surface area contributed by atoms with Crippen LogP contribution in [0.2, 0.25) is 0 Å². The first-order chi connectivity index (χ1) is 31.4. The second-order valence-corrected chi connectivity index (χ2v) is 19.2. The van der Waals surface area contributed by atoms with E-state index in [1.165, 1.54) is 31.6 Å². The number of fused-ring (bicyclic) bond motifs is 1. The van der Waals surface area contributed by atoms with E-state index >= 15 is 0 Å². The maximum absolute atomic E-state index is 13.4. The SMILES string of the molecule is COc1ccc(S(=O)(=O)C(CC(=O)NO)C(=O)N[C@@H](C)C(=O)N[C@@H](CCCCN)C(=O)NCC(=O)NCC(=O)N[C@@H](CCCCNC(=O)CCCC[C@@H]2SC[C@@H]3NC(=O)N[C@@H]32)C(N)=O)cc1. The third-order valence-corrected chi connectivity index (χ3v) is 14.3. The predicted octanol–water partition coefficient (Wildman–Crippen LogP) is -2.93. The Bertz CT molecular complexity index is 1980. The van der Waals surface area contributed by atoms with Crippen LogP contribution in [0.1, 0.15) is 77.6 Å². The number of thioether (sulfide) groups is 1. The summed E-state index contributed by atoms with van der Waals surface area (Å²) in [5.74, 6) is -5.39. The average molecular weight is 970 g/mol. The molecule has 0 aromatic heterocycles. The highest BCUT2D eigenvalue weighted by atomic mass is 32.2. The van der Waals surface area contributed by atoms with Crippen molar-refractivity contribution in [3.63, 3.8) is 0 Å². The van der Waals surface area contributed by atoms with Crippen molar-refractivity contribution in [2.24, 2.45) is 11.5 Å². The highest BCUT2D eigenvalue weighted by molar-refractivity contribution is 8.00. The molecule has 3 rings (SSSR count). The van der Waals surface area contributed by atoms with E-state index in [0.29, 0.717) is 56.1 Å². The molecule has 1 aromatic rings. The number of benzene rings is 1. The van der Waals surface area contributed by atoms with Gasteiger partial charge < -0.3 is 58.7 Å². The van der Waals surface area contributed by atoms with Crippen molar-refractivity contribution in [3.8, 4) is 5.75 Å². The number of hydroxylamine groups is 1. The van der Waals surface area contributed by atoms with E-state index in [-0.39, 0.29) is 48.3 Å². The fourth-order valence-corrected chi connectivity index (χ4v) is 10.2. The summed E-state index contributed by atoms with van der Waals surface area (Å²) in [6.07, 6.45) is 3.83. The summed E-state index contributed by atoms with van der Waals surface area (Å²) in [4.78, 5) is 112. The Labute approximate surface area is 387 Å². The number of hydrogen-bond donors (Lipinski definition) is 12. The standard InChI is InChI=1S/C40H63N11O13S2/c1-23(46-39(59)30(19-32(53)51-61)66(62,63)25-15-13-24(64-2)14-16-25)37(57)48-27(10-5-7-17-41)38(58)45-20-33(54)44-21-34(55)47-26(36(42)56)9-6-8-18-43-31(52)12-4-3-11-29-35-28(22-65-29)49-40(60)50-35/h13-16,23,26-30,35,61H,3-12,17-22,41H2,1-2H3,(H2,42,56)(H,43,52)(H,44,54)(H,45,58)(H,46,59)(H,47,55)(H,48,57)(H,51,53)(H2,49,50,60)/t23-,26-,27-,28-,29-,30?,35-/m0/s1. The van der Waals surface area contributed by atoms with Gasteiger partial charge in [-0.05, 0) is 89.1 Å². The zero-order chi connectivity index (χ0) is 48.8. The van der Waals surface area contributed by atoms with Crippen LogP contribution in [-0.4, -0.2) is 147 Å². The first kappa shape index (κ1) is 54.6. The van der Waals surface area contributed by atoms with Crippen LogP contribution in [-0.2, 0) is 48.2 Å². The molecule has 2 aliphatic heterocycles. The fraction of sp³-hybridized carbons (Fsp3) is 0.625. The number of rotatable bonds is 30. The van der Waals surface area contributed by atoms with Gasteiger partial charge in [0.05, 0.1) is 43.6 Å². The Morgan fingerprint density at radius 1 is 0.803 bits per heavy atom. The smallest absolute Gasteiger partial charge is 0.315 e. The third kappa shape index (κ3) is 17.9. The van der Waals surface area contributed by atoms with Gasteiger partial charge in [-0.2, -0.15) is 11.8 Å². The molecule has 24 nitrogen and oxygen atoms in total. The Kier molecular flexibility index (Phi) is 22.9. The van der Waals surface area contributed by atoms with Gasteiger partial charge in [-0.25, -0.2) is 18.7 Å². The summed E-state index contributed by atoms with van der Waals surface area (Å²) in [6.45, 7) is 0.648. The number of nitrogens with one attached hydrogen (secondary N) is 9. The normalized spacial score (nSPS) is 18.1. The molecule has 0 radical (unpaired) electrons. The second-order valence-electron chi connectivity index (χ2n) is 15.8. The number of urea groups is 1. The largest absolute Gasteiger partial charge is 0.497 e. The molecule has 368 valence electrons. The Balaban J connectivity index is 1.40. The highest BCUT2D eigenvalue weighted by Crippen LogP contribution is 2.33. The van der Waals surface area contributed by atoms with Gasteiger partial charge in [0, 0.05) is 24.0 Å². The zero-order valence-electron chi connectivity index (χ0n) is 37.0. The lowest BCUT2D eigenvalue weighted by atomic mass is 10.0. The molecular formula is C40H63N11O13S2. The number of amides is 10. The number of sulfone groups is 1. The van der Waals surface area contributed by atoms with Crippen molar-refractivity contribution < 1.29 is 61.5 Å². The van der Waals surface area contributed by atoms with Gasteiger partial charge in [-0.1, -0.05) is 6.42 Å². The van der Waals surface area contributed by atoms with Crippen LogP contribution in [0.3, 0.4) is 0 Å². The molecule has 0 spiro atoms. The van der Waals surface area contributed by atoms with Gasteiger partial charge >= 0.3 is 6.03 Å². The fourth-order valence-electron chi connectivity index (χ4n) is 7.04. The number of unbranched alkanes of at least 4 members (excludes halogenated alkanes) is 3. The van der Waals surface area contributed by atoms with Gasteiger partial charge in [0.1, 0.15) is 23.9 Å². The van der Waals surface area contributed by atoms with Crippen LogP contribution in [0.5, 0.6) is 5.75 Å². The Morgan fingerprint density at radius 3 is 2.15 bits per heavy atom. The van der Waals surface area contributed by atoms with E-state index in [0.717, 1.165) is 30.7 Å². The van der Waals surface area contributed by atoms with Crippen LogP contribution in [0.25, 0.3) is 0 Å². The van der Waals surface area contributed by atoms with Gasteiger partial charge in [0.25, 0.3) is 0 Å². The molecule has 26 heteroatoms. The first-order valence-corrected chi connectivity index (χ1v) is 24.2. The van der Waals surface area contributed by atoms with Crippen molar-refractivity contribution in [3.05, 3.63) is 24.3 Å². The van der Waals surface area contributed by atoms with E-state index in [1.807, 2.05) is 11.8 Å². The predicted molar refractivity (Wildman–Crippen MR) is 239 cm³/mol. The van der Waals surface area contributed by atoms with Crippen LogP contribution >= 0.6 is 11.8 Å². The lowest BCUT2D eigenvalue weighted by molar-refractivity contribution is -0.133. The molecule has 2 heterocycles. The molecule has 10 amide bonds. The van der Waals surface area contributed by atoms with E-state index in [2.05, 4.69) is 42.5 Å². The van der Waals surface area contributed by atoms with Crippen LogP contribution < -0.4 is 64.2 Å². The molecular weight excluding hydrogens is 907 g/mol. The van der Waals surface area contributed by atoms with Crippen molar-refractivity contribution in [1.29, 1.82) is 0 Å². The first-order valence-electron chi connectivity index (χ1n) is 21.6. The van der Waals surface area contributed by atoms with Crippen molar-refractivity contribution in [1.82, 2.24) is 48.0 Å². The van der Waals surface area contributed by atoms with Gasteiger partial charge in [-0.15, -0.1) is 0 Å². The Hall–Kier alpha value is -5.73. The number of hydrogen-bond acceptors (Lipinski definition) is 15. The summed E-state index contributed by atoms with van der Waals surface area (Å²) in [6, 6.07) is 1.36. The van der Waals surface area contributed by atoms with Gasteiger partial charge in [0.15, 0.2) is 15.1 Å². The molecule has 2 fully saturated rings. The van der Waals surface area contributed by atoms with E-state index in [9.17, 15) is 51.6 Å². The highest BCUT2D eigenvalue weighted by Gasteiger charge is 2.42. The average Bonchev–Trinajstić information content (AvgIpc) is 3.85. The molecule has 1 aromatic carbocycles. The number of ether oxygens (including phenoxy) is 1. The van der Waals surface area contributed by atoms with Crippen molar-refractivity contribution >= 4 is 74.9 Å². The quantitative estimate of drug-likeness (QED) is 0.0159. The minimum atomic E-state index is -4.55. The topological polar surface area (TPSA) is 378 Å². The van der Waals surface area contributed by atoms with E-state index in [1.54, 1.807) is 0 Å². The number of nitrogens with two attached hydrogens (primary N) is 2. The molecule has 2 aliphatic rings. The van der Waals surface area contributed by atoms with Gasteiger partial charge in [0.2, 0.25) is 47.3 Å². The number of carbonyl (C=O) groups excluding carboxylic acids is 9. The summed E-state index contributed by atoms with van der Waals surface area (Å²) < 4.78 is 31.8.